The topological polar surface area (TPSA) is 113 Å². The number of nitrogens with zero attached hydrogens (tertiary/aromatic N) is 3. The molecule has 2 aliphatic rings. The van der Waals surface area contributed by atoms with Gasteiger partial charge in [-0.05, 0) is 57.7 Å². The van der Waals surface area contributed by atoms with E-state index in [1.807, 2.05) is 32.9 Å². The van der Waals surface area contributed by atoms with Gasteiger partial charge < -0.3 is 29.1 Å². The van der Waals surface area contributed by atoms with Crippen LogP contribution in [0.1, 0.15) is 58.4 Å². The number of pyridine rings is 1. The minimum Gasteiger partial charge on any atom is -0.439 e. The lowest BCUT2D eigenvalue weighted by molar-refractivity contribution is 0.0308. The van der Waals surface area contributed by atoms with Crippen molar-refractivity contribution in [2.75, 3.05) is 51.0 Å². The monoisotopic (exact) mass is 537 g/mol. The number of rotatable bonds is 8. The highest BCUT2D eigenvalue weighted by Gasteiger charge is 2.28. The second kappa shape index (κ2) is 11.9. The molecule has 0 spiro atoms. The number of oxazole rings is 1. The Kier molecular flexibility index (Phi) is 8.34. The first kappa shape index (κ1) is 27.4. The van der Waals surface area contributed by atoms with Crippen LogP contribution in [0.2, 0.25) is 0 Å². The van der Waals surface area contributed by atoms with E-state index in [0.717, 1.165) is 68.2 Å². The number of aromatic nitrogens is 2. The van der Waals surface area contributed by atoms with Gasteiger partial charge in [-0.15, -0.1) is 0 Å². The summed E-state index contributed by atoms with van der Waals surface area (Å²) in [6.07, 6.45) is 1.86. The van der Waals surface area contributed by atoms with E-state index in [9.17, 15) is 9.59 Å². The number of amides is 1. The summed E-state index contributed by atoms with van der Waals surface area (Å²) in [6.45, 7) is 13.8. The number of benzene rings is 1. The molecular weight excluding hydrogens is 498 g/mol. The van der Waals surface area contributed by atoms with E-state index < -0.39 is 0 Å². The smallest absolute Gasteiger partial charge is 0.254 e. The minimum atomic E-state index is -0.270. The average Bonchev–Trinajstić information content (AvgIpc) is 3.31. The molecule has 2 aromatic heterocycles. The van der Waals surface area contributed by atoms with E-state index in [0.29, 0.717) is 53.9 Å². The maximum absolute atomic E-state index is 13.8. The number of fused-ring (bicyclic) bond motifs is 1. The number of aromatic amines is 1. The number of H-pyrrole nitrogens is 1. The molecule has 39 heavy (non-hydrogen) atoms. The predicted molar refractivity (Wildman–Crippen MR) is 149 cm³/mol. The second-order valence-corrected chi connectivity index (χ2v) is 10.5. The van der Waals surface area contributed by atoms with Crippen LogP contribution in [0.4, 0.5) is 5.69 Å². The molecule has 2 aliphatic heterocycles. The Bertz CT molecular complexity index is 1380. The molecule has 2 N–H and O–H groups in total. The number of hydrogen-bond donors (Lipinski definition) is 2. The summed E-state index contributed by atoms with van der Waals surface area (Å²) in [5.41, 5.74) is 5.46. The van der Waals surface area contributed by atoms with Crippen molar-refractivity contribution in [3.63, 3.8) is 0 Å². The van der Waals surface area contributed by atoms with Crippen molar-refractivity contribution in [2.45, 2.75) is 59.7 Å². The fraction of sp³-hybridized carbons (Fsp3) is 0.552. The predicted octanol–water partition coefficient (Wildman–Crippen LogP) is 3.21. The molecule has 0 saturated carbocycles. The van der Waals surface area contributed by atoms with E-state index in [4.69, 9.17) is 18.9 Å². The number of hydrogen-bond acceptors (Lipinski definition) is 8. The van der Waals surface area contributed by atoms with Crippen molar-refractivity contribution in [1.82, 2.24) is 20.2 Å². The number of anilines is 1. The summed E-state index contributed by atoms with van der Waals surface area (Å²) in [7, 11) is 0. The molecule has 2 fully saturated rings. The van der Waals surface area contributed by atoms with Crippen LogP contribution in [0.15, 0.2) is 21.3 Å². The molecule has 0 atom stereocenters. The van der Waals surface area contributed by atoms with Crippen molar-refractivity contribution in [2.24, 2.45) is 0 Å². The molecule has 3 aromatic rings. The summed E-state index contributed by atoms with van der Waals surface area (Å²) in [6, 6.07) is 4.26. The van der Waals surface area contributed by atoms with E-state index in [1.54, 1.807) is 0 Å². The minimum absolute atomic E-state index is 0.126. The standard InChI is InChI=1S/C29H39N5O5/c1-5-34(21-6-10-37-11-7-21)23-15-24-27(32-25(39-24)17-33-8-12-38-13-9-33)26(20(23)4)29(36)30-16-22-18(2)14-19(3)31-28(22)35/h14-15,21H,5-13,16-17H2,1-4H3,(H,30,36)(H,31,35). The first-order chi connectivity index (χ1) is 18.9. The zero-order valence-electron chi connectivity index (χ0n) is 23.4. The zero-order valence-corrected chi connectivity index (χ0v) is 23.4. The van der Waals surface area contributed by atoms with E-state index in [2.05, 4.69) is 27.0 Å². The summed E-state index contributed by atoms with van der Waals surface area (Å²) < 4.78 is 17.4. The highest BCUT2D eigenvalue weighted by atomic mass is 16.5. The first-order valence-corrected chi connectivity index (χ1v) is 13.9. The summed E-state index contributed by atoms with van der Waals surface area (Å²) in [4.78, 5) is 38.6. The quantitative estimate of drug-likeness (QED) is 0.451. The summed E-state index contributed by atoms with van der Waals surface area (Å²) in [5, 5.41) is 3.00. The van der Waals surface area contributed by atoms with Gasteiger partial charge in [0.1, 0.15) is 5.52 Å². The van der Waals surface area contributed by atoms with Gasteiger partial charge in [-0.3, -0.25) is 14.5 Å². The van der Waals surface area contributed by atoms with Gasteiger partial charge in [0.2, 0.25) is 5.89 Å². The highest BCUT2D eigenvalue weighted by Crippen LogP contribution is 2.34. The highest BCUT2D eigenvalue weighted by molar-refractivity contribution is 6.07. The molecule has 0 bridgehead atoms. The van der Waals surface area contributed by atoms with Crippen LogP contribution in [0.3, 0.4) is 0 Å². The molecular formula is C29H39N5O5. The maximum atomic E-state index is 13.8. The number of carbonyl (C=O) groups excluding carboxylic acids is 1. The Hall–Kier alpha value is -3.21. The van der Waals surface area contributed by atoms with Gasteiger partial charge in [0.25, 0.3) is 11.5 Å². The molecule has 0 aliphatic carbocycles. The molecule has 4 heterocycles. The Balaban J connectivity index is 1.52. The lowest BCUT2D eigenvalue weighted by Crippen LogP contribution is -2.40. The van der Waals surface area contributed by atoms with Crippen molar-refractivity contribution >= 4 is 22.7 Å². The van der Waals surface area contributed by atoms with Crippen LogP contribution in [0.5, 0.6) is 0 Å². The van der Waals surface area contributed by atoms with Crippen molar-refractivity contribution in [3.8, 4) is 0 Å². The van der Waals surface area contributed by atoms with Crippen LogP contribution in [0.25, 0.3) is 11.1 Å². The second-order valence-electron chi connectivity index (χ2n) is 10.5. The van der Waals surface area contributed by atoms with Crippen LogP contribution < -0.4 is 15.8 Å². The van der Waals surface area contributed by atoms with E-state index in [1.165, 1.54) is 0 Å². The van der Waals surface area contributed by atoms with Crippen LogP contribution in [-0.4, -0.2) is 72.9 Å². The van der Waals surface area contributed by atoms with Gasteiger partial charge >= 0.3 is 0 Å². The third-order valence-electron chi connectivity index (χ3n) is 7.85. The third-order valence-corrected chi connectivity index (χ3v) is 7.85. The van der Waals surface area contributed by atoms with Crippen molar-refractivity contribution < 1.29 is 18.7 Å². The van der Waals surface area contributed by atoms with Crippen LogP contribution in [-0.2, 0) is 22.6 Å². The zero-order chi connectivity index (χ0) is 27.5. The number of ether oxygens (including phenoxy) is 2. The Morgan fingerprint density at radius 2 is 1.85 bits per heavy atom. The Morgan fingerprint density at radius 3 is 2.54 bits per heavy atom. The van der Waals surface area contributed by atoms with Crippen LogP contribution >= 0.6 is 0 Å². The molecule has 10 heteroatoms. The van der Waals surface area contributed by atoms with Gasteiger partial charge in [0.05, 0.1) is 25.3 Å². The summed E-state index contributed by atoms with van der Waals surface area (Å²) in [5.74, 6) is 0.311. The van der Waals surface area contributed by atoms with E-state index >= 15 is 0 Å². The fourth-order valence-electron chi connectivity index (χ4n) is 5.77. The Morgan fingerprint density at radius 1 is 1.13 bits per heavy atom. The largest absolute Gasteiger partial charge is 0.439 e. The van der Waals surface area contributed by atoms with Gasteiger partial charge in [0.15, 0.2) is 5.58 Å². The number of morpholine rings is 1. The first-order valence-electron chi connectivity index (χ1n) is 13.9. The van der Waals surface area contributed by atoms with Gasteiger partial charge in [-0.1, -0.05) is 0 Å². The lowest BCUT2D eigenvalue weighted by Gasteiger charge is -2.36. The molecule has 0 unspecified atom stereocenters. The SMILES string of the molecule is CCN(c1cc2oc(CN3CCOCC3)nc2c(C(=O)NCc2c(C)cc(C)[nH]c2=O)c1C)C1CCOCC1. The fourth-order valence-corrected chi connectivity index (χ4v) is 5.77. The molecule has 1 aromatic carbocycles. The lowest BCUT2D eigenvalue weighted by atomic mass is 9.99. The molecule has 1 amide bonds. The molecule has 2 saturated heterocycles. The Labute approximate surface area is 228 Å². The maximum Gasteiger partial charge on any atom is 0.254 e. The number of aryl methyl sites for hydroxylation is 2. The molecule has 10 nitrogen and oxygen atoms in total. The van der Waals surface area contributed by atoms with Gasteiger partial charge in [-0.2, -0.15) is 0 Å². The molecule has 210 valence electrons. The normalized spacial score (nSPS) is 17.0. The molecule has 0 radical (unpaired) electrons. The third kappa shape index (κ3) is 5.88. The average molecular weight is 538 g/mol. The van der Waals surface area contributed by atoms with Gasteiger partial charge in [0, 0.05) is 68.4 Å². The number of carbonyl (C=O) groups is 1. The number of nitrogens with one attached hydrogen (secondary N) is 2. The van der Waals surface area contributed by atoms with Crippen molar-refractivity contribution in [3.05, 3.63) is 56.3 Å². The summed E-state index contributed by atoms with van der Waals surface area (Å²) >= 11 is 0. The van der Waals surface area contributed by atoms with E-state index in [-0.39, 0.29) is 18.0 Å². The van der Waals surface area contributed by atoms with Crippen LogP contribution in [0, 0.1) is 20.8 Å². The van der Waals surface area contributed by atoms with Gasteiger partial charge in [-0.25, -0.2) is 4.98 Å². The van der Waals surface area contributed by atoms with Crippen molar-refractivity contribution in [1.29, 1.82) is 0 Å². The molecule has 5 rings (SSSR count).